The first-order valence-corrected chi connectivity index (χ1v) is 8.24. The number of hydrogen-bond acceptors (Lipinski definition) is 5. The fourth-order valence-electron chi connectivity index (χ4n) is 2.06. The molecule has 1 aromatic rings. The SMILES string of the molecule is CC(C)(C)NC(=O)NC(=O)CN1C(=O)c2ccccc2S1(=O)=O. The predicted molar refractivity (Wildman–Crippen MR) is 81.1 cm³/mol. The lowest BCUT2D eigenvalue weighted by Crippen LogP contribution is -2.50. The molecule has 0 aliphatic carbocycles. The van der Waals surface area contributed by atoms with Crippen LogP contribution in [0.5, 0.6) is 0 Å². The van der Waals surface area contributed by atoms with E-state index in [1.165, 1.54) is 24.3 Å². The molecule has 0 saturated heterocycles. The Morgan fingerprint density at radius 2 is 1.78 bits per heavy atom. The van der Waals surface area contributed by atoms with Crippen LogP contribution in [0.4, 0.5) is 4.79 Å². The molecule has 0 atom stereocenters. The molecule has 9 heteroatoms. The van der Waals surface area contributed by atoms with E-state index in [2.05, 4.69) is 5.32 Å². The number of amides is 4. The molecule has 0 radical (unpaired) electrons. The van der Waals surface area contributed by atoms with Gasteiger partial charge in [0.25, 0.3) is 15.9 Å². The molecule has 124 valence electrons. The number of rotatable bonds is 2. The quantitative estimate of drug-likeness (QED) is 0.812. The lowest BCUT2D eigenvalue weighted by Gasteiger charge is -2.21. The molecule has 4 amide bonds. The Morgan fingerprint density at radius 1 is 1.17 bits per heavy atom. The number of nitrogens with one attached hydrogen (secondary N) is 2. The van der Waals surface area contributed by atoms with E-state index in [1.807, 2.05) is 5.32 Å². The van der Waals surface area contributed by atoms with Crippen molar-refractivity contribution < 1.29 is 22.8 Å². The molecule has 0 unspecified atom stereocenters. The van der Waals surface area contributed by atoms with E-state index >= 15 is 0 Å². The number of carbonyl (C=O) groups is 3. The highest BCUT2D eigenvalue weighted by molar-refractivity contribution is 7.90. The molecule has 1 heterocycles. The number of imide groups is 1. The van der Waals surface area contributed by atoms with E-state index in [0.717, 1.165) is 0 Å². The number of hydrogen-bond donors (Lipinski definition) is 2. The van der Waals surface area contributed by atoms with Crippen LogP contribution >= 0.6 is 0 Å². The van der Waals surface area contributed by atoms with E-state index in [9.17, 15) is 22.8 Å². The smallest absolute Gasteiger partial charge is 0.321 e. The monoisotopic (exact) mass is 339 g/mol. The van der Waals surface area contributed by atoms with E-state index in [0.29, 0.717) is 4.31 Å². The second kappa shape index (κ2) is 5.65. The van der Waals surface area contributed by atoms with Gasteiger partial charge < -0.3 is 5.32 Å². The fraction of sp³-hybridized carbons (Fsp3) is 0.357. The molecular formula is C14H17N3O5S. The fourth-order valence-corrected chi connectivity index (χ4v) is 3.58. The first-order chi connectivity index (χ1) is 10.5. The third-order valence-electron chi connectivity index (χ3n) is 2.94. The van der Waals surface area contributed by atoms with Crippen LogP contribution in [-0.2, 0) is 14.8 Å². The summed E-state index contributed by atoms with van der Waals surface area (Å²) in [5, 5.41) is 4.50. The highest BCUT2D eigenvalue weighted by atomic mass is 32.2. The standard InChI is InChI=1S/C14H17N3O5S/c1-14(2,3)16-13(20)15-11(18)8-17-12(19)9-6-4-5-7-10(9)23(17,21)22/h4-7H,8H2,1-3H3,(H2,15,16,18,20). The van der Waals surface area contributed by atoms with Crippen molar-refractivity contribution in [1.82, 2.24) is 14.9 Å². The Hall–Kier alpha value is -2.42. The summed E-state index contributed by atoms with van der Waals surface area (Å²) in [5.74, 6) is -1.68. The van der Waals surface area contributed by atoms with Gasteiger partial charge in [-0.15, -0.1) is 0 Å². The van der Waals surface area contributed by atoms with Gasteiger partial charge >= 0.3 is 6.03 Å². The summed E-state index contributed by atoms with van der Waals surface area (Å²) in [5.41, 5.74) is -0.546. The van der Waals surface area contributed by atoms with Gasteiger partial charge in [-0.2, -0.15) is 0 Å². The third kappa shape index (κ3) is 3.50. The van der Waals surface area contributed by atoms with Crippen molar-refractivity contribution in [2.24, 2.45) is 0 Å². The van der Waals surface area contributed by atoms with Crippen LogP contribution in [0.2, 0.25) is 0 Å². The van der Waals surface area contributed by atoms with Crippen molar-refractivity contribution in [3.8, 4) is 0 Å². The topological polar surface area (TPSA) is 113 Å². The van der Waals surface area contributed by atoms with Gasteiger partial charge in [0.1, 0.15) is 11.4 Å². The molecule has 2 N–H and O–H groups in total. The molecule has 0 spiro atoms. The molecule has 0 saturated carbocycles. The zero-order valence-corrected chi connectivity index (χ0v) is 13.7. The molecule has 1 aromatic carbocycles. The summed E-state index contributed by atoms with van der Waals surface area (Å²) in [6, 6.07) is 4.94. The minimum atomic E-state index is -4.07. The Kier molecular flexibility index (Phi) is 4.16. The van der Waals surface area contributed by atoms with Gasteiger partial charge in [-0.3, -0.25) is 14.9 Å². The van der Waals surface area contributed by atoms with E-state index in [1.54, 1.807) is 20.8 Å². The van der Waals surface area contributed by atoms with Gasteiger partial charge in [0.15, 0.2) is 0 Å². The Balaban J connectivity index is 2.11. The van der Waals surface area contributed by atoms with Crippen LogP contribution in [0.25, 0.3) is 0 Å². The number of benzene rings is 1. The largest absolute Gasteiger partial charge is 0.333 e. The number of fused-ring (bicyclic) bond motifs is 1. The first kappa shape index (κ1) is 16.9. The van der Waals surface area contributed by atoms with Crippen LogP contribution in [0.1, 0.15) is 31.1 Å². The van der Waals surface area contributed by atoms with E-state index in [4.69, 9.17) is 0 Å². The molecule has 2 rings (SSSR count). The third-order valence-corrected chi connectivity index (χ3v) is 4.73. The lowest BCUT2D eigenvalue weighted by molar-refractivity contribution is -0.119. The molecule has 0 bridgehead atoms. The van der Waals surface area contributed by atoms with Gasteiger partial charge in [-0.05, 0) is 32.9 Å². The van der Waals surface area contributed by atoms with Crippen LogP contribution in [0.15, 0.2) is 29.2 Å². The average Bonchev–Trinajstić information content (AvgIpc) is 2.58. The van der Waals surface area contributed by atoms with Crippen molar-refractivity contribution in [2.45, 2.75) is 31.2 Å². The minimum absolute atomic E-state index is 0.0134. The van der Waals surface area contributed by atoms with E-state index in [-0.39, 0.29) is 10.5 Å². The highest BCUT2D eigenvalue weighted by Crippen LogP contribution is 2.29. The minimum Gasteiger partial charge on any atom is -0.333 e. The maximum absolute atomic E-state index is 12.3. The summed E-state index contributed by atoms with van der Waals surface area (Å²) >= 11 is 0. The van der Waals surface area contributed by atoms with Crippen LogP contribution < -0.4 is 10.6 Å². The summed E-state index contributed by atoms with van der Waals surface area (Å²) in [4.78, 5) is 35.4. The van der Waals surface area contributed by atoms with Crippen LogP contribution in [0, 0.1) is 0 Å². The molecule has 1 aliphatic rings. The zero-order valence-electron chi connectivity index (χ0n) is 12.9. The second-order valence-corrected chi connectivity index (χ2v) is 7.90. The van der Waals surface area contributed by atoms with Crippen LogP contribution in [-0.4, -0.2) is 42.7 Å². The highest BCUT2D eigenvalue weighted by Gasteiger charge is 2.41. The van der Waals surface area contributed by atoms with Gasteiger partial charge in [-0.25, -0.2) is 17.5 Å². The van der Waals surface area contributed by atoms with Crippen molar-refractivity contribution >= 4 is 27.9 Å². The molecule has 8 nitrogen and oxygen atoms in total. The molecule has 23 heavy (non-hydrogen) atoms. The first-order valence-electron chi connectivity index (χ1n) is 6.80. The van der Waals surface area contributed by atoms with Crippen molar-refractivity contribution in [2.75, 3.05) is 6.54 Å². The Labute approximate surface area is 133 Å². The molecule has 0 fully saturated rings. The summed E-state index contributed by atoms with van der Waals surface area (Å²) in [6.45, 7) is 4.42. The van der Waals surface area contributed by atoms with Gasteiger partial charge in [0.2, 0.25) is 5.91 Å². The van der Waals surface area contributed by atoms with Crippen LogP contribution in [0.3, 0.4) is 0 Å². The van der Waals surface area contributed by atoms with Gasteiger partial charge in [0, 0.05) is 5.54 Å². The number of urea groups is 1. The predicted octanol–water partition coefficient (Wildman–Crippen LogP) is 0.455. The summed E-state index contributed by atoms with van der Waals surface area (Å²) < 4.78 is 25.0. The molecular weight excluding hydrogens is 322 g/mol. The number of sulfonamides is 1. The normalized spacial score (nSPS) is 16.0. The second-order valence-electron chi connectivity index (χ2n) is 6.07. The summed E-state index contributed by atoms with van der Waals surface area (Å²) in [6.07, 6.45) is 0. The zero-order chi connectivity index (χ0) is 17.4. The summed E-state index contributed by atoms with van der Waals surface area (Å²) in [7, 11) is -4.07. The number of nitrogens with zero attached hydrogens (tertiary/aromatic N) is 1. The number of carbonyl (C=O) groups excluding carboxylic acids is 3. The van der Waals surface area contributed by atoms with Crippen molar-refractivity contribution in [1.29, 1.82) is 0 Å². The Bertz CT molecular complexity index is 780. The van der Waals surface area contributed by atoms with Gasteiger partial charge in [-0.1, -0.05) is 12.1 Å². The molecule has 0 aromatic heterocycles. The molecule has 1 aliphatic heterocycles. The maximum atomic E-state index is 12.3. The van der Waals surface area contributed by atoms with Crippen molar-refractivity contribution in [3.63, 3.8) is 0 Å². The van der Waals surface area contributed by atoms with Crippen molar-refractivity contribution in [3.05, 3.63) is 29.8 Å². The van der Waals surface area contributed by atoms with Gasteiger partial charge in [0.05, 0.1) is 5.56 Å². The maximum Gasteiger partial charge on any atom is 0.321 e. The van der Waals surface area contributed by atoms with E-state index < -0.39 is 40.0 Å². The Morgan fingerprint density at radius 3 is 2.35 bits per heavy atom. The average molecular weight is 339 g/mol. The lowest BCUT2D eigenvalue weighted by atomic mass is 10.1.